The third kappa shape index (κ3) is 4.62. The number of nitrogens with one attached hydrogen (secondary N) is 1. The van der Waals surface area contributed by atoms with E-state index >= 15 is 0 Å². The highest BCUT2D eigenvalue weighted by molar-refractivity contribution is 5.79. The summed E-state index contributed by atoms with van der Waals surface area (Å²) in [6.45, 7) is 9.68. The molecule has 4 heteroatoms. The monoisotopic (exact) mass is 364 g/mol. The number of fused-ring (bicyclic) bond motifs is 1. The maximum absolute atomic E-state index is 4.84. The lowest BCUT2D eigenvalue weighted by Crippen LogP contribution is -2.21. The third-order valence-electron chi connectivity index (χ3n) is 5.14. The number of aryl methyl sites for hydroxylation is 1. The highest BCUT2D eigenvalue weighted by atomic mass is 15.2. The van der Waals surface area contributed by atoms with Gasteiger partial charge in [0.2, 0.25) is 5.95 Å². The number of para-hydroxylation sites is 2. The molecule has 0 aliphatic rings. The van der Waals surface area contributed by atoms with Gasteiger partial charge < -0.3 is 14.8 Å². The molecule has 144 valence electrons. The van der Waals surface area contributed by atoms with Crippen LogP contribution in [0.25, 0.3) is 11.0 Å². The van der Waals surface area contributed by atoms with Crippen molar-refractivity contribution in [3.8, 4) is 0 Å². The van der Waals surface area contributed by atoms with Crippen LogP contribution in [0.5, 0.6) is 0 Å². The first-order valence-corrected chi connectivity index (χ1v) is 10.3. The minimum atomic E-state index is 0.934. The molecule has 0 radical (unpaired) electrons. The average molecular weight is 365 g/mol. The molecule has 0 bridgehead atoms. The molecule has 0 fully saturated rings. The maximum Gasteiger partial charge on any atom is 0.208 e. The molecule has 1 N–H and O–H groups in total. The fourth-order valence-corrected chi connectivity index (χ4v) is 3.57. The van der Waals surface area contributed by atoms with Gasteiger partial charge in [0.25, 0.3) is 0 Å². The molecule has 0 aliphatic heterocycles. The molecule has 0 saturated carbocycles. The average Bonchev–Trinajstić information content (AvgIpc) is 3.04. The second-order valence-electron chi connectivity index (χ2n) is 6.98. The topological polar surface area (TPSA) is 33.1 Å². The van der Waals surface area contributed by atoms with E-state index in [0.717, 1.165) is 36.8 Å². The van der Waals surface area contributed by atoms with E-state index in [-0.39, 0.29) is 0 Å². The van der Waals surface area contributed by atoms with Gasteiger partial charge in [0, 0.05) is 31.0 Å². The van der Waals surface area contributed by atoms with Crippen LogP contribution in [0.2, 0.25) is 0 Å². The number of benzene rings is 2. The minimum absolute atomic E-state index is 0.934. The lowest BCUT2D eigenvalue weighted by atomic mass is 10.2. The Balaban J connectivity index is 1.81. The van der Waals surface area contributed by atoms with Gasteiger partial charge in [-0.15, -0.1) is 0 Å². The van der Waals surface area contributed by atoms with Crippen molar-refractivity contribution < 1.29 is 0 Å². The molecule has 0 aliphatic carbocycles. The summed E-state index contributed by atoms with van der Waals surface area (Å²) >= 11 is 0. The van der Waals surface area contributed by atoms with Gasteiger partial charge in [-0.25, -0.2) is 4.98 Å². The molecular weight excluding hydrogens is 332 g/mol. The van der Waals surface area contributed by atoms with E-state index < -0.39 is 0 Å². The second-order valence-corrected chi connectivity index (χ2v) is 6.98. The maximum atomic E-state index is 4.84. The van der Waals surface area contributed by atoms with E-state index in [4.69, 9.17) is 4.98 Å². The van der Waals surface area contributed by atoms with Gasteiger partial charge in [-0.2, -0.15) is 0 Å². The number of aromatic nitrogens is 2. The summed E-state index contributed by atoms with van der Waals surface area (Å²) in [4.78, 5) is 7.19. The van der Waals surface area contributed by atoms with Crippen molar-refractivity contribution >= 4 is 28.4 Å². The molecule has 27 heavy (non-hydrogen) atoms. The summed E-state index contributed by atoms with van der Waals surface area (Å²) in [6.07, 6.45) is 5.00. The van der Waals surface area contributed by atoms with Crippen LogP contribution in [0.15, 0.2) is 48.5 Å². The van der Waals surface area contributed by atoms with Crippen LogP contribution in [-0.2, 0) is 6.54 Å². The minimum Gasteiger partial charge on any atom is -0.372 e. The summed E-state index contributed by atoms with van der Waals surface area (Å²) in [5.74, 6) is 0.934. The van der Waals surface area contributed by atoms with Gasteiger partial charge in [-0.1, -0.05) is 38.3 Å². The molecule has 0 atom stereocenters. The van der Waals surface area contributed by atoms with Crippen molar-refractivity contribution in [1.82, 2.24) is 9.55 Å². The zero-order chi connectivity index (χ0) is 19.1. The molecule has 1 heterocycles. The van der Waals surface area contributed by atoms with Gasteiger partial charge in [-0.3, -0.25) is 0 Å². The molecule has 1 aromatic heterocycles. The zero-order valence-electron chi connectivity index (χ0n) is 16.9. The summed E-state index contributed by atoms with van der Waals surface area (Å²) in [7, 11) is 0. The van der Waals surface area contributed by atoms with Crippen molar-refractivity contribution in [2.24, 2.45) is 0 Å². The zero-order valence-corrected chi connectivity index (χ0v) is 16.9. The number of hydrogen-bond donors (Lipinski definition) is 1. The summed E-state index contributed by atoms with van der Waals surface area (Å²) in [5, 5.41) is 3.54. The molecule has 0 saturated heterocycles. The number of rotatable bonds is 10. The van der Waals surface area contributed by atoms with Gasteiger partial charge in [0.1, 0.15) is 0 Å². The summed E-state index contributed by atoms with van der Waals surface area (Å²) in [5.41, 5.74) is 4.60. The number of nitrogens with zero attached hydrogens (tertiary/aromatic N) is 3. The van der Waals surface area contributed by atoms with Crippen molar-refractivity contribution in [2.75, 3.05) is 23.3 Å². The fraction of sp³-hybridized carbons (Fsp3) is 0.435. The number of imidazole rings is 1. The molecular formula is C23H32N4. The molecule has 0 amide bonds. The number of unbranched alkanes of at least 4 members (excludes halogenated alkanes) is 3. The predicted molar refractivity (Wildman–Crippen MR) is 117 cm³/mol. The van der Waals surface area contributed by atoms with Crippen LogP contribution < -0.4 is 10.2 Å². The number of hydrogen-bond acceptors (Lipinski definition) is 3. The van der Waals surface area contributed by atoms with Crippen LogP contribution in [0.4, 0.5) is 17.3 Å². The lowest BCUT2D eigenvalue weighted by Gasteiger charge is -2.21. The van der Waals surface area contributed by atoms with E-state index in [0.29, 0.717) is 0 Å². The molecule has 3 rings (SSSR count). The molecule has 0 spiro atoms. The van der Waals surface area contributed by atoms with E-state index in [1.165, 1.54) is 36.9 Å². The van der Waals surface area contributed by atoms with Crippen LogP contribution in [0.1, 0.15) is 46.5 Å². The Bertz CT molecular complexity index is 831. The smallest absolute Gasteiger partial charge is 0.208 e. The summed E-state index contributed by atoms with van der Waals surface area (Å²) < 4.78 is 2.32. The Morgan fingerprint density at radius 2 is 1.63 bits per heavy atom. The lowest BCUT2D eigenvalue weighted by molar-refractivity contribution is 0.595. The standard InChI is InChI=1S/C23H32N4/c1-4-7-8-11-18-27-22-13-10-9-12-21(22)25-23(27)24-19-14-16-20(17-15-19)26(5-2)6-3/h9-10,12-17H,4-8,11,18H2,1-3H3,(H,24,25). The van der Waals surface area contributed by atoms with E-state index in [1.807, 2.05) is 0 Å². The van der Waals surface area contributed by atoms with Crippen molar-refractivity contribution in [2.45, 2.75) is 53.0 Å². The first kappa shape index (κ1) is 19.3. The predicted octanol–water partition coefficient (Wildman–Crippen LogP) is 6.21. The number of anilines is 3. The highest BCUT2D eigenvalue weighted by Gasteiger charge is 2.11. The first-order chi connectivity index (χ1) is 13.3. The van der Waals surface area contributed by atoms with Crippen molar-refractivity contribution in [3.05, 3.63) is 48.5 Å². The van der Waals surface area contributed by atoms with Gasteiger partial charge in [0.15, 0.2) is 0 Å². The van der Waals surface area contributed by atoms with Crippen LogP contribution in [0, 0.1) is 0 Å². The fourth-order valence-electron chi connectivity index (χ4n) is 3.57. The van der Waals surface area contributed by atoms with Gasteiger partial charge in [-0.05, 0) is 56.7 Å². The van der Waals surface area contributed by atoms with E-state index in [2.05, 4.69) is 84.1 Å². The van der Waals surface area contributed by atoms with E-state index in [9.17, 15) is 0 Å². The Kier molecular flexibility index (Phi) is 6.74. The molecule has 4 nitrogen and oxygen atoms in total. The highest BCUT2D eigenvalue weighted by Crippen LogP contribution is 2.25. The third-order valence-corrected chi connectivity index (χ3v) is 5.14. The molecule has 2 aromatic carbocycles. The normalized spacial score (nSPS) is 11.1. The Morgan fingerprint density at radius 1 is 0.889 bits per heavy atom. The molecule has 3 aromatic rings. The largest absolute Gasteiger partial charge is 0.372 e. The van der Waals surface area contributed by atoms with Crippen LogP contribution in [-0.4, -0.2) is 22.6 Å². The summed E-state index contributed by atoms with van der Waals surface area (Å²) in [6, 6.07) is 17.1. The van der Waals surface area contributed by atoms with Crippen LogP contribution in [0.3, 0.4) is 0 Å². The second kappa shape index (κ2) is 9.45. The quantitative estimate of drug-likeness (QED) is 0.434. The molecule has 0 unspecified atom stereocenters. The Morgan fingerprint density at radius 3 is 2.33 bits per heavy atom. The van der Waals surface area contributed by atoms with Crippen molar-refractivity contribution in [3.63, 3.8) is 0 Å². The first-order valence-electron chi connectivity index (χ1n) is 10.3. The van der Waals surface area contributed by atoms with Crippen molar-refractivity contribution in [1.29, 1.82) is 0 Å². The van der Waals surface area contributed by atoms with E-state index in [1.54, 1.807) is 0 Å². The van der Waals surface area contributed by atoms with Gasteiger partial charge in [0.05, 0.1) is 11.0 Å². The van der Waals surface area contributed by atoms with Gasteiger partial charge >= 0.3 is 0 Å². The SMILES string of the molecule is CCCCCCn1c(Nc2ccc(N(CC)CC)cc2)nc2ccccc21. The van der Waals surface area contributed by atoms with Crippen LogP contribution >= 0.6 is 0 Å². The Hall–Kier alpha value is -2.49. The Labute approximate surface area is 163 Å².